The minimum absolute atomic E-state index is 0.180. The molecule has 0 aliphatic carbocycles. The summed E-state index contributed by atoms with van der Waals surface area (Å²) in [5.41, 5.74) is 5.45. The van der Waals surface area contributed by atoms with Crippen molar-refractivity contribution in [1.82, 2.24) is 0 Å². The Bertz CT molecular complexity index is 337. The predicted molar refractivity (Wildman–Crippen MR) is 61.0 cm³/mol. The Morgan fingerprint density at radius 3 is 2.87 bits per heavy atom. The number of nitrogens with two attached hydrogens (primary N) is 1. The van der Waals surface area contributed by atoms with Crippen molar-refractivity contribution >= 4 is 27.5 Å². The van der Waals surface area contributed by atoms with Crippen LogP contribution in [-0.2, 0) is 4.79 Å². The number of hydrogen-bond acceptors (Lipinski definition) is 2. The van der Waals surface area contributed by atoms with Gasteiger partial charge in [0, 0.05) is 10.9 Å². The van der Waals surface area contributed by atoms with Crippen LogP contribution in [-0.4, -0.2) is 12.5 Å². The Morgan fingerprint density at radius 1 is 1.53 bits per heavy atom. The second-order valence-corrected chi connectivity index (χ2v) is 3.89. The third-order valence-electron chi connectivity index (χ3n) is 1.84. The lowest BCUT2D eigenvalue weighted by atomic mass is 10.2. The van der Waals surface area contributed by atoms with Crippen molar-refractivity contribution in [3.05, 3.63) is 28.5 Å². The summed E-state index contributed by atoms with van der Waals surface area (Å²) in [5, 5.41) is 2.50. The average molecular weight is 275 g/mol. The molecule has 0 fully saturated rings. The molecular formula is C10H12BrFN2O. The molecule has 3 N–H and O–H groups in total. The van der Waals surface area contributed by atoms with Gasteiger partial charge in [-0.15, -0.1) is 0 Å². The molecule has 3 nitrogen and oxygen atoms in total. The zero-order valence-corrected chi connectivity index (χ0v) is 9.68. The molecule has 0 atom stereocenters. The number of hydrogen-bond donors (Lipinski definition) is 2. The molecule has 5 heteroatoms. The number of anilines is 1. The maximum atomic E-state index is 13.3. The number of nitrogens with one attached hydrogen (secondary N) is 1. The van der Waals surface area contributed by atoms with Crippen molar-refractivity contribution in [2.75, 3.05) is 11.9 Å². The third kappa shape index (κ3) is 3.60. The lowest BCUT2D eigenvalue weighted by Crippen LogP contribution is -2.14. The maximum Gasteiger partial charge on any atom is 0.224 e. The highest BCUT2D eigenvalue weighted by atomic mass is 79.9. The van der Waals surface area contributed by atoms with E-state index >= 15 is 0 Å². The van der Waals surface area contributed by atoms with Crippen LogP contribution < -0.4 is 11.1 Å². The van der Waals surface area contributed by atoms with Crippen molar-refractivity contribution in [1.29, 1.82) is 0 Å². The van der Waals surface area contributed by atoms with Crippen LogP contribution >= 0.6 is 15.9 Å². The highest BCUT2D eigenvalue weighted by molar-refractivity contribution is 9.10. The van der Waals surface area contributed by atoms with Gasteiger partial charge in [-0.25, -0.2) is 4.39 Å². The number of halogens is 2. The highest BCUT2D eigenvalue weighted by Crippen LogP contribution is 2.25. The number of carbonyl (C=O) groups excluding carboxylic acids is 1. The van der Waals surface area contributed by atoms with Crippen LogP contribution in [0.1, 0.15) is 12.8 Å². The Kier molecular flexibility index (Phi) is 4.71. The first-order chi connectivity index (χ1) is 7.15. The molecule has 0 aliphatic heterocycles. The summed E-state index contributed by atoms with van der Waals surface area (Å²) in [6.45, 7) is 0.450. The molecule has 1 amide bonds. The number of benzene rings is 1. The van der Waals surface area contributed by atoms with E-state index in [1.165, 1.54) is 6.07 Å². The molecule has 0 heterocycles. The number of amides is 1. The number of rotatable bonds is 4. The van der Waals surface area contributed by atoms with Gasteiger partial charge in [0.15, 0.2) is 0 Å². The van der Waals surface area contributed by atoms with Crippen molar-refractivity contribution < 1.29 is 9.18 Å². The van der Waals surface area contributed by atoms with Crippen LogP contribution in [0, 0.1) is 5.82 Å². The Hall–Kier alpha value is -0.940. The van der Waals surface area contributed by atoms with E-state index in [9.17, 15) is 9.18 Å². The van der Waals surface area contributed by atoms with E-state index in [0.29, 0.717) is 23.9 Å². The van der Waals surface area contributed by atoms with Crippen LogP contribution in [0.15, 0.2) is 22.7 Å². The summed E-state index contributed by atoms with van der Waals surface area (Å²) < 4.78 is 13.8. The number of para-hydroxylation sites is 1. The summed E-state index contributed by atoms with van der Waals surface area (Å²) >= 11 is 3.16. The first-order valence-electron chi connectivity index (χ1n) is 4.59. The lowest BCUT2D eigenvalue weighted by molar-refractivity contribution is -0.116. The average Bonchev–Trinajstić information content (AvgIpc) is 2.21. The fourth-order valence-corrected chi connectivity index (χ4v) is 1.52. The normalized spacial score (nSPS) is 10.1. The van der Waals surface area contributed by atoms with Gasteiger partial charge in [-0.1, -0.05) is 6.07 Å². The van der Waals surface area contributed by atoms with Crippen molar-refractivity contribution in [3.8, 4) is 0 Å². The molecule has 1 aromatic carbocycles. The van der Waals surface area contributed by atoms with E-state index in [2.05, 4.69) is 21.2 Å². The Labute approximate surface area is 96.0 Å². The van der Waals surface area contributed by atoms with Crippen LogP contribution in [0.3, 0.4) is 0 Å². The minimum Gasteiger partial charge on any atom is -0.330 e. The van der Waals surface area contributed by atoms with Crippen molar-refractivity contribution in [2.24, 2.45) is 5.73 Å². The van der Waals surface area contributed by atoms with Gasteiger partial charge in [0.25, 0.3) is 0 Å². The van der Waals surface area contributed by atoms with E-state index in [1.54, 1.807) is 12.1 Å². The van der Waals surface area contributed by atoms with E-state index in [-0.39, 0.29) is 11.6 Å². The summed E-state index contributed by atoms with van der Waals surface area (Å²) in [6.07, 6.45) is 0.898. The molecule has 0 saturated heterocycles. The van der Waals surface area contributed by atoms with Gasteiger partial charge >= 0.3 is 0 Å². The molecule has 0 saturated carbocycles. The first-order valence-corrected chi connectivity index (χ1v) is 5.38. The SMILES string of the molecule is NCCCC(=O)Nc1c(F)cccc1Br. The quantitative estimate of drug-likeness (QED) is 0.885. The van der Waals surface area contributed by atoms with Crippen molar-refractivity contribution in [2.45, 2.75) is 12.8 Å². The topological polar surface area (TPSA) is 55.1 Å². The third-order valence-corrected chi connectivity index (χ3v) is 2.50. The van der Waals surface area contributed by atoms with E-state index in [4.69, 9.17) is 5.73 Å². The van der Waals surface area contributed by atoms with Gasteiger partial charge in [0.2, 0.25) is 5.91 Å². The predicted octanol–water partition coefficient (Wildman–Crippen LogP) is 2.27. The van der Waals surface area contributed by atoms with E-state index < -0.39 is 5.82 Å². The molecule has 82 valence electrons. The molecule has 15 heavy (non-hydrogen) atoms. The molecule has 0 bridgehead atoms. The molecule has 1 rings (SSSR count). The smallest absolute Gasteiger partial charge is 0.224 e. The molecule has 0 spiro atoms. The van der Waals surface area contributed by atoms with Crippen LogP contribution in [0.25, 0.3) is 0 Å². The summed E-state index contributed by atoms with van der Waals surface area (Å²) in [7, 11) is 0. The molecule has 0 unspecified atom stereocenters. The molecule has 0 radical (unpaired) electrons. The second kappa shape index (κ2) is 5.82. The van der Waals surface area contributed by atoms with Gasteiger partial charge in [-0.3, -0.25) is 4.79 Å². The van der Waals surface area contributed by atoms with Crippen LogP contribution in [0.2, 0.25) is 0 Å². The summed E-state index contributed by atoms with van der Waals surface area (Å²) in [5.74, 6) is -0.684. The molecule has 0 aliphatic rings. The summed E-state index contributed by atoms with van der Waals surface area (Å²) in [4.78, 5) is 11.3. The fraction of sp³-hybridized carbons (Fsp3) is 0.300. The standard InChI is InChI=1S/C10H12BrFN2O/c11-7-3-1-4-8(12)10(7)14-9(15)5-2-6-13/h1,3-4H,2,5-6,13H2,(H,14,15). The maximum absolute atomic E-state index is 13.3. The van der Waals surface area contributed by atoms with Gasteiger partial charge in [0.05, 0.1) is 5.69 Å². The largest absolute Gasteiger partial charge is 0.330 e. The zero-order valence-electron chi connectivity index (χ0n) is 8.09. The molecular weight excluding hydrogens is 263 g/mol. The minimum atomic E-state index is -0.453. The zero-order chi connectivity index (χ0) is 11.3. The van der Waals surface area contributed by atoms with Gasteiger partial charge in [0.1, 0.15) is 5.82 Å². The Morgan fingerprint density at radius 2 is 2.27 bits per heavy atom. The van der Waals surface area contributed by atoms with Gasteiger partial charge < -0.3 is 11.1 Å². The molecule has 1 aromatic rings. The summed E-state index contributed by atoms with van der Waals surface area (Å²) in [6, 6.07) is 4.53. The molecule has 0 aromatic heterocycles. The Balaban J connectivity index is 2.68. The van der Waals surface area contributed by atoms with Crippen LogP contribution in [0.4, 0.5) is 10.1 Å². The van der Waals surface area contributed by atoms with Gasteiger partial charge in [-0.2, -0.15) is 0 Å². The van der Waals surface area contributed by atoms with E-state index in [0.717, 1.165) is 0 Å². The monoisotopic (exact) mass is 274 g/mol. The number of carbonyl (C=O) groups is 1. The van der Waals surface area contributed by atoms with Crippen molar-refractivity contribution in [3.63, 3.8) is 0 Å². The van der Waals surface area contributed by atoms with Gasteiger partial charge in [-0.05, 0) is 41.0 Å². The lowest BCUT2D eigenvalue weighted by Gasteiger charge is -2.07. The highest BCUT2D eigenvalue weighted by Gasteiger charge is 2.09. The first kappa shape index (κ1) is 12.1. The fourth-order valence-electron chi connectivity index (χ4n) is 1.08. The van der Waals surface area contributed by atoms with E-state index in [1.807, 2.05) is 0 Å². The second-order valence-electron chi connectivity index (χ2n) is 3.04. The van der Waals surface area contributed by atoms with Crippen LogP contribution in [0.5, 0.6) is 0 Å².